The lowest BCUT2D eigenvalue weighted by atomic mass is 9.92. The van der Waals surface area contributed by atoms with Gasteiger partial charge in [-0.05, 0) is 62.9 Å². The van der Waals surface area contributed by atoms with Crippen LogP contribution in [0.15, 0.2) is 18.2 Å². The number of rotatable bonds is 3. The zero-order chi connectivity index (χ0) is 15.5. The minimum absolute atomic E-state index is 0.103. The largest absolute Gasteiger partial charge is 0.481 e. The summed E-state index contributed by atoms with van der Waals surface area (Å²) >= 11 is 0. The first-order chi connectivity index (χ1) is 10.6. The normalized spacial score (nSPS) is 20.4. The third-order valence-electron chi connectivity index (χ3n) is 4.80. The first-order valence-corrected chi connectivity index (χ1v) is 8.39. The summed E-state index contributed by atoms with van der Waals surface area (Å²) in [5.41, 5.74) is 2.83. The molecule has 1 heterocycles. The highest BCUT2D eigenvalue weighted by molar-refractivity contribution is 5.81. The van der Waals surface area contributed by atoms with E-state index in [2.05, 4.69) is 24.1 Å². The van der Waals surface area contributed by atoms with Gasteiger partial charge in [0.1, 0.15) is 5.75 Å². The van der Waals surface area contributed by atoms with Crippen molar-refractivity contribution in [2.24, 2.45) is 0 Å². The predicted molar refractivity (Wildman–Crippen MR) is 87.3 cm³/mol. The summed E-state index contributed by atoms with van der Waals surface area (Å²) in [6.45, 7) is 5.34. The maximum Gasteiger partial charge on any atom is 0.263 e. The molecule has 0 unspecified atom stereocenters. The Bertz CT molecular complexity index is 536. The van der Waals surface area contributed by atoms with Crippen LogP contribution >= 0.6 is 0 Å². The highest BCUT2D eigenvalue weighted by atomic mass is 16.5. The van der Waals surface area contributed by atoms with Crippen molar-refractivity contribution >= 4 is 5.91 Å². The minimum atomic E-state index is -0.412. The Balaban J connectivity index is 1.61. The molecular weight excluding hydrogens is 276 g/mol. The average molecular weight is 302 g/mol. The van der Waals surface area contributed by atoms with E-state index in [4.69, 9.17) is 4.74 Å². The van der Waals surface area contributed by atoms with Crippen LogP contribution in [0.4, 0.5) is 0 Å². The van der Waals surface area contributed by atoms with Crippen LogP contribution < -0.4 is 4.74 Å². The maximum absolute atomic E-state index is 12.5. The molecule has 1 amide bonds. The standard InChI is InChI=1S/C18H26N2O2/c1-14(18(21)20-11-9-19(2)10-12-20)22-17-8-7-15-5-3-4-6-16(15)13-17/h7-8,13-14H,3-6,9-12H2,1-2H3/t14-/m1/s1. The SMILES string of the molecule is C[C@@H](Oc1ccc2c(c1)CCCC2)C(=O)N1CCN(C)CC1. The van der Waals surface area contributed by atoms with E-state index < -0.39 is 6.10 Å². The van der Waals surface area contributed by atoms with Gasteiger partial charge in [0.05, 0.1) is 0 Å². The van der Waals surface area contributed by atoms with E-state index in [1.165, 1.54) is 30.4 Å². The summed E-state index contributed by atoms with van der Waals surface area (Å²) in [6.07, 6.45) is 4.43. The predicted octanol–water partition coefficient (Wildman–Crippen LogP) is 2.11. The van der Waals surface area contributed by atoms with Crippen LogP contribution in [0, 0.1) is 0 Å². The number of benzene rings is 1. The monoisotopic (exact) mass is 302 g/mol. The summed E-state index contributed by atoms with van der Waals surface area (Å²) < 4.78 is 5.92. The summed E-state index contributed by atoms with van der Waals surface area (Å²) in [5, 5.41) is 0. The molecule has 1 aliphatic carbocycles. The summed E-state index contributed by atoms with van der Waals surface area (Å²) in [5.74, 6) is 0.932. The Kier molecular flexibility index (Phi) is 4.67. The number of amides is 1. The van der Waals surface area contributed by atoms with E-state index in [0.29, 0.717) is 0 Å². The van der Waals surface area contributed by atoms with Gasteiger partial charge in [0, 0.05) is 26.2 Å². The molecule has 4 heteroatoms. The summed E-state index contributed by atoms with van der Waals surface area (Å²) in [4.78, 5) is 16.6. The van der Waals surface area contributed by atoms with Crippen LogP contribution in [0.3, 0.4) is 0 Å². The number of hydrogen-bond acceptors (Lipinski definition) is 3. The van der Waals surface area contributed by atoms with Crippen molar-refractivity contribution < 1.29 is 9.53 Å². The van der Waals surface area contributed by atoms with Gasteiger partial charge in [0.15, 0.2) is 6.10 Å². The molecule has 1 saturated heterocycles. The zero-order valence-corrected chi connectivity index (χ0v) is 13.7. The lowest BCUT2D eigenvalue weighted by Crippen LogP contribution is -2.50. The van der Waals surface area contributed by atoms with Gasteiger partial charge in [-0.2, -0.15) is 0 Å². The molecule has 1 aliphatic heterocycles. The fourth-order valence-electron chi connectivity index (χ4n) is 3.32. The van der Waals surface area contributed by atoms with Gasteiger partial charge in [-0.3, -0.25) is 4.79 Å². The number of piperazine rings is 1. The number of carbonyl (C=O) groups is 1. The summed E-state index contributed by atoms with van der Waals surface area (Å²) in [7, 11) is 2.09. The molecule has 4 nitrogen and oxygen atoms in total. The number of hydrogen-bond donors (Lipinski definition) is 0. The van der Waals surface area contributed by atoms with Gasteiger partial charge in [-0.25, -0.2) is 0 Å². The number of likely N-dealkylation sites (N-methyl/N-ethyl adjacent to an activating group) is 1. The van der Waals surface area contributed by atoms with Gasteiger partial charge in [-0.1, -0.05) is 6.07 Å². The lowest BCUT2D eigenvalue weighted by Gasteiger charge is -2.34. The van der Waals surface area contributed by atoms with Gasteiger partial charge in [0.25, 0.3) is 5.91 Å². The smallest absolute Gasteiger partial charge is 0.263 e. The molecule has 0 saturated carbocycles. The Morgan fingerprint density at radius 1 is 1.09 bits per heavy atom. The quantitative estimate of drug-likeness (QED) is 0.857. The molecule has 0 aromatic heterocycles. The fourth-order valence-corrected chi connectivity index (χ4v) is 3.32. The molecule has 120 valence electrons. The minimum Gasteiger partial charge on any atom is -0.481 e. The fraction of sp³-hybridized carbons (Fsp3) is 0.611. The number of aryl methyl sites for hydroxylation is 2. The van der Waals surface area contributed by atoms with Crippen LogP contribution in [0.1, 0.15) is 30.9 Å². The Morgan fingerprint density at radius 3 is 2.50 bits per heavy atom. The Labute approximate surface area is 133 Å². The van der Waals surface area contributed by atoms with Crippen molar-refractivity contribution in [1.82, 2.24) is 9.80 Å². The molecule has 3 rings (SSSR count). The number of ether oxygens (including phenoxy) is 1. The second-order valence-electron chi connectivity index (χ2n) is 6.53. The molecule has 2 aliphatic rings. The van der Waals surface area contributed by atoms with Crippen molar-refractivity contribution in [1.29, 1.82) is 0 Å². The van der Waals surface area contributed by atoms with Crippen LogP contribution in [-0.4, -0.2) is 55.0 Å². The molecule has 1 fully saturated rings. The molecule has 0 N–H and O–H groups in total. The van der Waals surface area contributed by atoms with Crippen molar-refractivity contribution in [2.75, 3.05) is 33.2 Å². The first-order valence-electron chi connectivity index (χ1n) is 8.39. The van der Waals surface area contributed by atoms with Crippen LogP contribution in [0.5, 0.6) is 5.75 Å². The second-order valence-corrected chi connectivity index (χ2v) is 6.53. The zero-order valence-electron chi connectivity index (χ0n) is 13.7. The maximum atomic E-state index is 12.5. The number of carbonyl (C=O) groups excluding carboxylic acids is 1. The van der Waals surface area contributed by atoms with Crippen molar-refractivity contribution in [3.05, 3.63) is 29.3 Å². The molecule has 1 aromatic carbocycles. The highest BCUT2D eigenvalue weighted by Gasteiger charge is 2.25. The van der Waals surface area contributed by atoms with E-state index in [1.807, 2.05) is 17.9 Å². The van der Waals surface area contributed by atoms with E-state index >= 15 is 0 Å². The first kappa shape index (κ1) is 15.3. The van der Waals surface area contributed by atoms with Crippen LogP contribution in [0.2, 0.25) is 0 Å². The second kappa shape index (κ2) is 6.69. The van der Waals surface area contributed by atoms with E-state index in [-0.39, 0.29) is 5.91 Å². The Hall–Kier alpha value is -1.55. The van der Waals surface area contributed by atoms with Gasteiger partial charge >= 0.3 is 0 Å². The highest BCUT2D eigenvalue weighted by Crippen LogP contribution is 2.26. The Morgan fingerprint density at radius 2 is 1.77 bits per heavy atom. The van der Waals surface area contributed by atoms with E-state index in [1.54, 1.807) is 0 Å². The third kappa shape index (κ3) is 3.43. The molecule has 1 atom stereocenters. The van der Waals surface area contributed by atoms with Crippen molar-refractivity contribution in [3.8, 4) is 5.75 Å². The lowest BCUT2D eigenvalue weighted by molar-refractivity contribution is -0.139. The molecule has 0 spiro atoms. The van der Waals surface area contributed by atoms with Crippen LogP contribution in [0.25, 0.3) is 0 Å². The van der Waals surface area contributed by atoms with Gasteiger partial charge in [-0.15, -0.1) is 0 Å². The van der Waals surface area contributed by atoms with Crippen LogP contribution in [-0.2, 0) is 17.6 Å². The average Bonchev–Trinajstić information content (AvgIpc) is 2.55. The van der Waals surface area contributed by atoms with E-state index in [9.17, 15) is 4.79 Å². The van der Waals surface area contributed by atoms with Crippen molar-refractivity contribution in [2.45, 2.75) is 38.7 Å². The number of nitrogens with zero attached hydrogens (tertiary/aromatic N) is 2. The van der Waals surface area contributed by atoms with Gasteiger partial charge < -0.3 is 14.5 Å². The number of fused-ring (bicyclic) bond motifs is 1. The van der Waals surface area contributed by atoms with E-state index in [0.717, 1.165) is 38.3 Å². The molecule has 1 aromatic rings. The molecule has 0 radical (unpaired) electrons. The van der Waals surface area contributed by atoms with Gasteiger partial charge in [0.2, 0.25) is 0 Å². The molecule has 22 heavy (non-hydrogen) atoms. The van der Waals surface area contributed by atoms with Crippen molar-refractivity contribution in [3.63, 3.8) is 0 Å². The molecule has 0 bridgehead atoms. The summed E-state index contributed by atoms with van der Waals surface area (Å²) in [6, 6.07) is 6.30. The molecular formula is C18H26N2O2. The topological polar surface area (TPSA) is 32.8 Å². The third-order valence-corrected chi connectivity index (χ3v) is 4.80.